The van der Waals surface area contributed by atoms with Crippen molar-refractivity contribution in [2.24, 2.45) is 11.8 Å². The van der Waals surface area contributed by atoms with Gasteiger partial charge in [0, 0.05) is 19.9 Å². The van der Waals surface area contributed by atoms with Crippen LogP contribution in [0.4, 0.5) is 0 Å². The lowest BCUT2D eigenvalue weighted by molar-refractivity contribution is -0.122. The van der Waals surface area contributed by atoms with Crippen molar-refractivity contribution in [1.29, 1.82) is 0 Å². The van der Waals surface area contributed by atoms with Crippen LogP contribution in [-0.4, -0.2) is 26.8 Å². The van der Waals surface area contributed by atoms with Gasteiger partial charge in [-0.25, -0.2) is 4.68 Å². The average Bonchev–Trinajstić information content (AvgIpc) is 3.01. The molecule has 27 heavy (non-hydrogen) atoms. The third-order valence-electron chi connectivity index (χ3n) is 3.18. The van der Waals surface area contributed by atoms with Gasteiger partial charge in [-0.2, -0.15) is 0 Å². The Bertz CT molecular complexity index is 622. The Hall–Kier alpha value is -2.01. The maximum atomic E-state index is 11.5. The first-order chi connectivity index (χ1) is 12.6. The van der Waals surface area contributed by atoms with Gasteiger partial charge in [0.25, 0.3) is 0 Å². The van der Waals surface area contributed by atoms with Gasteiger partial charge >= 0.3 is 0 Å². The molecule has 1 heterocycles. The summed E-state index contributed by atoms with van der Waals surface area (Å²) < 4.78 is 1.60. The largest absolute Gasteiger partial charge is 0.309 e. The second-order valence-corrected chi connectivity index (χ2v) is 7.95. The van der Waals surface area contributed by atoms with Crippen LogP contribution in [0.3, 0.4) is 0 Å². The molecule has 2 aromatic rings. The lowest BCUT2D eigenvalue weighted by atomic mass is 10.1. The first kappa shape index (κ1) is 25.0. The standard InChI is InChI=1S/C11H20N4O.C7H8.C4H10.H2/c1-8(2)11(16)7-15-6-10(13-14-15)5-12-9(3)4;1-7-5-3-2-4-6-7;1-4(2)3;/h6,8-9,12H,5,7H2,1-4H3;2-6H,1H3;4H,1-3H3;1H. The molecule has 0 aliphatic rings. The number of aryl methyl sites for hydroxylation is 1. The van der Waals surface area contributed by atoms with Crippen LogP contribution < -0.4 is 5.32 Å². The van der Waals surface area contributed by atoms with Crippen molar-refractivity contribution in [2.75, 3.05) is 0 Å². The lowest BCUT2D eigenvalue weighted by Crippen LogP contribution is -2.22. The number of nitrogens with one attached hydrogen (secondary N) is 1. The van der Waals surface area contributed by atoms with Crippen molar-refractivity contribution >= 4 is 5.78 Å². The van der Waals surface area contributed by atoms with Crippen molar-refractivity contribution in [3.8, 4) is 0 Å². The van der Waals surface area contributed by atoms with Gasteiger partial charge in [0.2, 0.25) is 0 Å². The molecular formula is C22H40N4O. The Morgan fingerprint density at radius 3 is 2.04 bits per heavy atom. The van der Waals surface area contributed by atoms with E-state index in [1.54, 1.807) is 4.68 Å². The summed E-state index contributed by atoms with van der Waals surface area (Å²) in [7, 11) is 0. The first-order valence-electron chi connectivity index (χ1n) is 9.78. The second kappa shape index (κ2) is 14.1. The summed E-state index contributed by atoms with van der Waals surface area (Å²) >= 11 is 0. The number of aromatic nitrogens is 3. The zero-order chi connectivity index (χ0) is 20.8. The molecule has 0 atom stereocenters. The van der Waals surface area contributed by atoms with Crippen LogP contribution in [0, 0.1) is 18.8 Å². The molecule has 1 aromatic carbocycles. The normalized spacial score (nSPS) is 10.3. The third-order valence-corrected chi connectivity index (χ3v) is 3.18. The molecule has 2 rings (SSSR count). The maximum absolute atomic E-state index is 11.5. The monoisotopic (exact) mass is 376 g/mol. The predicted octanol–water partition coefficient (Wildman–Crippen LogP) is 4.90. The molecule has 5 nitrogen and oxygen atoms in total. The Morgan fingerprint density at radius 1 is 1.07 bits per heavy atom. The fourth-order valence-corrected chi connectivity index (χ4v) is 1.68. The lowest BCUT2D eigenvalue weighted by Gasteiger charge is -2.04. The van der Waals surface area contributed by atoms with Gasteiger partial charge in [-0.05, 0) is 12.8 Å². The molecule has 0 saturated heterocycles. The topological polar surface area (TPSA) is 59.8 Å². The van der Waals surface area contributed by atoms with E-state index in [1.807, 2.05) is 38.2 Å². The van der Waals surface area contributed by atoms with E-state index in [0.29, 0.717) is 19.1 Å². The van der Waals surface area contributed by atoms with E-state index in [0.717, 1.165) is 11.6 Å². The number of hydrogen-bond acceptors (Lipinski definition) is 4. The highest BCUT2D eigenvalue weighted by molar-refractivity contribution is 5.79. The minimum absolute atomic E-state index is 0. The summed E-state index contributed by atoms with van der Waals surface area (Å²) in [5, 5.41) is 11.2. The number of ketones is 1. The number of hydrogen-bond donors (Lipinski definition) is 1. The van der Waals surface area contributed by atoms with E-state index in [-0.39, 0.29) is 13.1 Å². The zero-order valence-electron chi connectivity index (χ0n) is 18.4. The molecule has 0 aliphatic carbocycles. The summed E-state index contributed by atoms with van der Waals surface area (Å²) in [6.07, 6.45) is 1.82. The molecule has 5 heteroatoms. The van der Waals surface area contributed by atoms with Gasteiger partial charge in [0.05, 0.1) is 11.9 Å². The molecule has 154 valence electrons. The SMILES string of the molecule is CC(C)C.CC(C)NCc1cn(CC(=O)C(C)C)nn1.Cc1ccccc1.[HH]. The minimum Gasteiger partial charge on any atom is -0.309 e. The van der Waals surface area contributed by atoms with Gasteiger partial charge in [0.1, 0.15) is 6.54 Å². The number of rotatable bonds is 6. The molecule has 0 aliphatic heterocycles. The van der Waals surface area contributed by atoms with Crippen molar-refractivity contribution in [1.82, 2.24) is 20.3 Å². The fraction of sp³-hybridized carbons (Fsp3) is 0.591. The third kappa shape index (κ3) is 14.8. The Balaban J connectivity index is 0. The quantitative estimate of drug-likeness (QED) is 0.778. The Kier molecular flexibility index (Phi) is 13.0. The molecule has 0 fully saturated rings. The van der Waals surface area contributed by atoms with Crippen molar-refractivity contribution in [2.45, 2.75) is 74.5 Å². The zero-order valence-corrected chi connectivity index (χ0v) is 18.4. The molecular weight excluding hydrogens is 336 g/mol. The van der Waals surface area contributed by atoms with Crippen LogP contribution in [0.25, 0.3) is 0 Å². The van der Waals surface area contributed by atoms with Crippen molar-refractivity contribution in [3.05, 3.63) is 47.8 Å². The molecule has 0 spiro atoms. The Labute approximate surface area is 167 Å². The van der Waals surface area contributed by atoms with Crippen LogP contribution in [0.2, 0.25) is 0 Å². The smallest absolute Gasteiger partial charge is 0.156 e. The molecule has 0 radical (unpaired) electrons. The highest BCUT2D eigenvalue weighted by Gasteiger charge is 2.09. The molecule has 0 amide bonds. The van der Waals surface area contributed by atoms with Crippen LogP contribution in [0.15, 0.2) is 36.5 Å². The molecule has 0 saturated carbocycles. The van der Waals surface area contributed by atoms with Crippen LogP contribution in [0.1, 0.15) is 61.2 Å². The molecule has 0 bridgehead atoms. The number of benzene rings is 1. The predicted molar refractivity (Wildman–Crippen MR) is 116 cm³/mol. The number of nitrogens with zero attached hydrogens (tertiary/aromatic N) is 3. The van der Waals surface area contributed by atoms with Crippen LogP contribution in [-0.2, 0) is 17.9 Å². The molecule has 1 aromatic heterocycles. The van der Waals surface area contributed by atoms with Gasteiger partial charge in [0.15, 0.2) is 5.78 Å². The van der Waals surface area contributed by atoms with E-state index in [1.165, 1.54) is 5.56 Å². The summed E-state index contributed by atoms with van der Waals surface area (Å²) in [5.41, 5.74) is 2.19. The van der Waals surface area contributed by atoms with Crippen LogP contribution in [0.5, 0.6) is 0 Å². The van der Waals surface area contributed by atoms with Crippen molar-refractivity contribution in [3.63, 3.8) is 0 Å². The van der Waals surface area contributed by atoms with Gasteiger partial charge in [-0.1, -0.05) is 89.6 Å². The fourth-order valence-electron chi connectivity index (χ4n) is 1.68. The summed E-state index contributed by atoms with van der Waals surface area (Å²) in [4.78, 5) is 11.5. The Morgan fingerprint density at radius 2 is 1.63 bits per heavy atom. The highest BCUT2D eigenvalue weighted by Crippen LogP contribution is 1.99. The average molecular weight is 377 g/mol. The molecule has 1 N–H and O–H groups in total. The van der Waals surface area contributed by atoms with E-state index in [9.17, 15) is 4.79 Å². The number of carbonyl (C=O) groups excluding carboxylic acids is 1. The van der Waals surface area contributed by atoms with Crippen LogP contribution >= 0.6 is 0 Å². The summed E-state index contributed by atoms with van der Waals surface area (Å²) in [6, 6.07) is 10.7. The molecule has 0 unspecified atom stereocenters. The highest BCUT2D eigenvalue weighted by atomic mass is 16.1. The first-order valence-corrected chi connectivity index (χ1v) is 9.78. The van der Waals surface area contributed by atoms with E-state index in [4.69, 9.17) is 0 Å². The van der Waals surface area contributed by atoms with E-state index < -0.39 is 0 Å². The van der Waals surface area contributed by atoms with Crippen molar-refractivity contribution < 1.29 is 6.22 Å². The minimum atomic E-state index is 0. The summed E-state index contributed by atoms with van der Waals surface area (Å²) in [6.45, 7) is 17.5. The maximum Gasteiger partial charge on any atom is 0.156 e. The second-order valence-electron chi connectivity index (χ2n) is 7.95. The van der Waals surface area contributed by atoms with E-state index in [2.05, 4.69) is 69.3 Å². The van der Waals surface area contributed by atoms with Gasteiger partial charge in [-0.3, -0.25) is 4.79 Å². The van der Waals surface area contributed by atoms with Gasteiger partial charge in [-0.15, -0.1) is 5.10 Å². The van der Waals surface area contributed by atoms with E-state index >= 15 is 0 Å². The van der Waals surface area contributed by atoms with Gasteiger partial charge < -0.3 is 5.32 Å². The number of carbonyl (C=O) groups is 1. The number of Topliss-reactive ketones (excluding diaryl/α,β-unsaturated/α-hetero) is 1. The summed E-state index contributed by atoms with van der Waals surface area (Å²) in [5.74, 6) is 1.05.